The van der Waals surface area contributed by atoms with Gasteiger partial charge in [-0.05, 0) is 87.8 Å². The maximum Gasteiger partial charge on any atom is 0.138 e. The first-order valence-corrected chi connectivity index (χ1v) is 23.6. The number of hydrogen-bond acceptors (Lipinski definition) is 12. The number of fused-ring (bicyclic) bond motifs is 6. The van der Waals surface area contributed by atoms with Crippen LogP contribution in [0.25, 0.3) is 33.4 Å². The summed E-state index contributed by atoms with van der Waals surface area (Å²) < 4.78 is 5.72. The predicted octanol–water partition coefficient (Wildman–Crippen LogP) is 15.1. The van der Waals surface area contributed by atoms with Crippen LogP contribution in [0.5, 0.6) is 0 Å². The normalized spacial score (nSPS) is 15.4. The largest absolute Gasteiger partial charge is 0.192 e. The van der Waals surface area contributed by atoms with Gasteiger partial charge < -0.3 is 0 Å². The van der Waals surface area contributed by atoms with Crippen LogP contribution in [0.15, 0.2) is 168 Å². The van der Waals surface area contributed by atoms with Crippen molar-refractivity contribution >= 4 is 105 Å². The first-order chi connectivity index (χ1) is 27.7. The Bertz CT molecular complexity index is 2260. The number of allylic oxidation sites excluding steroid dienone is 2. The topological polar surface area (TPSA) is 95.2 Å². The van der Waals surface area contributed by atoms with Gasteiger partial charge in [-0.25, -0.2) is 0 Å². The average molecular weight is 865 g/mol. The minimum absolute atomic E-state index is 0.174. The highest BCUT2D eigenvalue weighted by molar-refractivity contribution is 8.34. The molecule has 0 N–H and O–H groups in total. The van der Waals surface area contributed by atoms with Crippen molar-refractivity contribution < 1.29 is 0 Å². The monoisotopic (exact) mass is 864 g/mol. The number of rotatable bonds is 0. The zero-order chi connectivity index (χ0) is 38.7. The van der Waals surface area contributed by atoms with E-state index >= 15 is 0 Å². The molecule has 10 rings (SSSR count). The number of nitrogens with zero attached hydrogens (tertiary/aromatic N) is 4. The van der Waals surface area contributed by atoms with E-state index in [1.54, 1.807) is 0 Å². The minimum Gasteiger partial charge on any atom is -0.192 e. The van der Waals surface area contributed by atoms with Crippen molar-refractivity contribution in [2.45, 2.75) is 0 Å². The molecule has 268 valence electrons. The standard InChI is InChI=1S/2C16H8N2.2C6H4S4/c2*17-9-11(10-18)16-14-7-3-1-5-12(14)13-6-2-4-8-15(13)16;2*1-2-8-5(7-1)6-9-3-4-10-6/h2*1-8H;2*1-4H. The van der Waals surface area contributed by atoms with Crippen LogP contribution in [0.3, 0.4) is 0 Å². The Balaban J connectivity index is 0.000000119. The molecule has 12 heteroatoms. The summed E-state index contributed by atoms with van der Waals surface area (Å²) in [6, 6.07) is 39.5. The van der Waals surface area contributed by atoms with E-state index in [0.29, 0.717) is 0 Å². The summed E-state index contributed by atoms with van der Waals surface area (Å²) >= 11 is 14.6. The molecule has 0 saturated heterocycles. The fourth-order valence-corrected chi connectivity index (χ4v) is 14.1. The van der Waals surface area contributed by atoms with Gasteiger partial charge in [0.05, 0.1) is 16.9 Å². The van der Waals surface area contributed by atoms with Crippen molar-refractivity contribution in [2.24, 2.45) is 0 Å². The minimum atomic E-state index is 0.174. The van der Waals surface area contributed by atoms with Crippen LogP contribution < -0.4 is 0 Å². The summed E-state index contributed by atoms with van der Waals surface area (Å²) in [5, 5.41) is 53.5. The van der Waals surface area contributed by atoms with E-state index in [0.717, 1.165) is 55.7 Å². The summed E-state index contributed by atoms with van der Waals surface area (Å²) in [7, 11) is 0. The maximum atomic E-state index is 9.11. The second-order valence-corrected chi connectivity index (χ2v) is 19.7. The Labute approximate surface area is 360 Å². The van der Waals surface area contributed by atoms with E-state index in [9.17, 15) is 0 Å². The average Bonchev–Trinajstić information content (AvgIpc) is 4.12. The van der Waals surface area contributed by atoms with Crippen molar-refractivity contribution in [3.8, 4) is 46.5 Å². The third-order valence-electron chi connectivity index (χ3n) is 8.27. The molecule has 0 fully saturated rings. The van der Waals surface area contributed by atoms with Gasteiger partial charge in [0, 0.05) is 11.1 Å². The number of nitriles is 4. The highest BCUT2D eigenvalue weighted by Crippen LogP contribution is 2.51. The lowest BCUT2D eigenvalue weighted by molar-refractivity contribution is 1.46. The van der Waals surface area contributed by atoms with Crippen molar-refractivity contribution in [2.75, 3.05) is 0 Å². The van der Waals surface area contributed by atoms with Crippen LogP contribution in [-0.2, 0) is 0 Å². The Hall–Kier alpha value is -4.44. The molecule has 6 aliphatic rings. The van der Waals surface area contributed by atoms with Crippen LogP contribution in [0.2, 0.25) is 0 Å². The fraction of sp³-hybridized carbons (Fsp3) is 0. The first-order valence-electron chi connectivity index (χ1n) is 16.6. The molecule has 4 aliphatic heterocycles. The molecule has 0 amide bonds. The smallest absolute Gasteiger partial charge is 0.138 e. The molecular weight excluding hydrogens is 841 g/mol. The van der Waals surface area contributed by atoms with Gasteiger partial charge in [-0.15, -0.1) is 0 Å². The third-order valence-corrected chi connectivity index (χ3v) is 17.8. The van der Waals surface area contributed by atoms with E-state index in [1.807, 2.05) is 215 Å². The lowest BCUT2D eigenvalue weighted by atomic mass is 9.99. The van der Waals surface area contributed by atoms with Gasteiger partial charge in [-0.3, -0.25) is 0 Å². The molecule has 0 radical (unpaired) electrons. The van der Waals surface area contributed by atoms with Gasteiger partial charge in [-0.2, -0.15) is 21.0 Å². The molecule has 56 heavy (non-hydrogen) atoms. The van der Waals surface area contributed by atoms with Crippen LogP contribution >= 0.6 is 94.1 Å². The van der Waals surface area contributed by atoms with Crippen molar-refractivity contribution in [3.63, 3.8) is 0 Å². The Kier molecular flexibility index (Phi) is 13.9. The highest BCUT2D eigenvalue weighted by atomic mass is 32.2. The molecule has 0 aromatic heterocycles. The van der Waals surface area contributed by atoms with Crippen molar-refractivity contribution in [3.05, 3.63) is 191 Å². The van der Waals surface area contributed by atoms with Crippen molar-refractivity contribution in [1.29, 1.82) is 21.0 Å². The molecule has 4 heterocycles. The lowest BCUT2D eigenvalue weighted by Crippen LogP contribution is -1.86. The lowest BCUT2D eigenvalue weighted by Gasteiger charge is -2.01. The van der Waals surface area contributed by atoms with Gasteiger partial charge in [0.1, 0.15) is 35.4 Å². The molecule has 0 bridgehead atoms. The van der Waals surface area contributed by atoms with E-state index in [4.69, 9.17) is 21.0 Å². The predicted molar refractivity (Wildman–Crippen MR) is 250 cm³/mol. The van der Waals surface area contributed by atoms with Gasteiger partial charge in [0.25, 0.3) is 0 Å². The molecule has 0 spiro atoms. The van der Waals surface area contributed by atoms with Gasteiger partial charge in [0.15, 0.2) is 0 Å². The zero-order valence-electron chi connectivity index (χ0n) is 28.9. The van der Waals surface area contributed by atoms with E-state index < -0.39 is 0 Å². The van der Waals surface area contributed by atoms with Gasteiger partial charge in [0.2, 0.25) is 0 Å². The van der Waals surface area contributed by atoms with Crippen LogP contribution in [-0.4, -0.2) is 0 Å². The molecule has 0 unspecified atom stereocenters. The first kappa shape index (κ1) is 39.8. The third kappa shape index (κ3) is 8.75. The van der Waals surface area contributed by atoms with Gasteiger partial charge in [-0.1, -0.05) is 191 Å². The summed E-state index contributed by atoms with van der Waals surface area (Å²) in [5.41, 5.74) is 10.1. The number of thioether (sulfide) groups is 8. The fourth-order valence-electron chi connectivity index (χ4n) is 6.06. The Morgan fingerprint density at radius 2 is 0.464 bits per heavy atom. The van der Waals surface area contributed by atoms with E-state index in [-0.39, 0.29) is 11.1 Å². The van der Waals surface area contributed by atoms with E-state index in [2.05, 4.69) is 43.3 Å². The quantitative estimate of drug-likeness (QED) is 0.136. The molecular formula is C44H24N4S8. The second kappa shape index (κ2) is 19.6. The van der Waals surface area contributed by atoms with Crippen molar-refractivity contribution in [1.82, 2.24) is 0 Å². The molecule has 4 nitrogen and oxygen atoms in total. The summed E-state index contributed by atoms with van der Waals surface area (Å²) in [5.74, 6) is 0. The molecule has 2 aliphatic carbocycles. The van der Waals surface area contributed by atoms with Gasteiger partial charge >= 0.3 is 0 Å². The zero-order valence-corrected chi connectivity index (χ0v) is 35.4. The highest BCUT2D eigenvalue weighted by Gasteiger charge is 2.26. The number of hydrogen-bond donors (Lipinski definition) is 0. The van der Waals surface area contributed by atoms with Crippen LogP contribution in [0, 0.1) is 45.3 Å². The molecule has 0 saturated carbocycles. The molecule has 4 aromatic rings. The summed E-state index contributed by atoms with van der Waals surface area (Å²) in [4.78, 5) is 0. The molecule has 4 aromatic carbocycles. The van der Waals surface area contributed by atoms with E-state index in [1.165, 1.54) is 16.9 Å². The van der Waals surface area contributed by atoms with Crippen LogP contribution in [0.1, 0.15) is 22.3 Å². The molecule has 0 atom stereocenters. The Morgan fingerprint density at radius 3 is 0.643 bits per heavy atom. The van der Waals surface area contributed by atoms with Crippen LogP contribution in [0.4, 0.5) is 0 Å². The second-order valence-electron chi connectivity index (χ2n) is 11.3. The SMILES string of the molecule is C1=CSC(=C2SC=CS2)S1.C1=CSC(=C2SC=CS2)S1.N#CC(C#N)=C1c2ccccc2-c2ccccc21.N#CC(C#N)=C1c2ccccc2-c2ccccc21. The Morgan fingerprint density at radius 1 is 0.286 bits per heavy atom. The summed E-state index contributed by atoms with van der Waals surface area (Å²) in [6.07, 6.45) is 0. The number of benzene rings is 4. The summed E-state index contributed by atoms with van der Waals surface area (Å²) in [6.45, 7) is 0. The maximum absolute atomic E-state index is 9.11.